The molecule has 2 aliphatic rings. The fourth-order valence-electron chi connectivity index (χ4n) is 3.65. The maximum Gasteiger partial charge on any atom is 0.317 e. The summed E-state index contributed by atoms with van der Waals surface area (Å²) in [5, 5.41) is 8.91. The lowest BCUT2D eigenvalue weighted by Crippen LogP contribution is -2.47. The van der Waals surface area contributed by atoms with Crippen LogP contribution < -0.4 is 15.5 Å². The van der Waals surface area contributed by atoms with Crippen LogP contribution in [-0.4, -0.2) is 61.1 Å². The Kier molecular flexibility index (Phi) is 6.12. The summed E-state index contributed by atoms with van der Waals surface area (Å²) in [7, 11) is 1.69. The van der Waals surface area contributed by atoms with Gasteiger partial charge in [0.2, 0.25) is 5.91 Å². The summed E-state index contributed by atoms with van der Waals surface area (Å²) >= 11 is 1.64. The molecule has 1 aliphatic heterocycles. The first-order chi connectivity index (χ1) is 12.2. The number of rotatable bonds is 3. The van der Waals surface area contributed by atoms with Gasteiger partial charge in [-0.3, -0.25) is 4.79 Å². The molecule has 1 saturated heterocycles. The molecule has 7 nitrogen and oxygen atoms in total. The SMILES string of the molecule is CNC(=O)C1CCC(NC(=O)N2CCCN(c3nccs3)CC2)CC1. The Bertz CT molecular complexity index is 572. The molecule has 138 valence electrons. The minimum absolute atomic E-state index is 0.0318. The standard InChI is InChI=1S/C17H27N5O2S/c1-18-15(23)13-3-5-14(6-4-13)20-16(24)21-8-2-9-22(11-10-21)17-19-7-12-25-17/h7,12-14H,2-6,8-11H2,1H3,(H,18,23)(H,20,24). The molecule has 1 aliphatic carbocycles. The predicted octanol–water partition coefficient (Wildman–Crippen LogP) is 1.67. The zero-order valence-corrected chi connectivity index (χ0v) is 15.6. The van der Waals surface area contributed by atoms with Gasteiger partial charge in [-0.05, 0) is 32.1 Å². The van der Waals surface area contributed by atoms with Gasteiger partial charge in [-0.15, -0.1) is 11.3 Å². The van der Waals surface area contributed by atoms with E-state index in [-0.39, 0.29) is 23.9 Å². The van der Waals surface area contributed by atoms with Crippen LogP contribution >= 0.6 is 11.3 Å². The molecule has 0 radical (unpaired) electrons. The number of aromatic nitrogens is 1. The average molecular weight is 366 g/mol. The van der Waals surface area contributed by atoms with Crippen LogP contribution in [0.5, 0.6) is 0 Å². The van der Waals surface area contributed by atoms with E-state index in [1.807, 2.05) is 16.5 Å². The second-order valence-corrected chi connectivity index (χ2v) is 7.63. The topological polar surface area (TPSA) is 77.6 Å². The highest BCUT2D eigenvalue weighted by Crippen LogP contribution is 2.25. The molecule has 0 unspecified atom stereocenters. The number of carbonyl (C=O) groups is 2. The minimum Gasteiger partial charge on any atom is -0.359 e. The van der Waals surface area contributed by atoms with E-state index in [0.29, 0.717) is 0 Å². The monoisotopic (exact) mass is 365 g/mol. The number of nitrogens with zero attached hydrogens (tertiary/aromatic N) is 3. The lowest BCUT2D eigenvalue weighted by atomic mass is 9.85. The van der Waals surface area contributed by atoms with E-state index < -0.39 is 0 Å². The van der Waals surface area contributed by atoms with E-state index in [0.717, 1.165) is 63.4 Å². The summed E-state index contributed by atoms with van der Waals surface area (Å²) in [5.74, 6) is 0.225. The molecule has 1 saturated carbocycles. The van der Waals surface area contributed by atoms with Gasteiger partial charge in [-0.1, -0.05) is 0 Å². The fourth-order valence-corrected chi connectivity index (χ4v) is 4.35. The van der Waals surface area contributed by atoms with Crippen LogP contribution in [0.15, 0.2) is 11.6 Å². The Labute approximate surface area is 152 Å². The summed E-state index contributed by atoms with van der Waals surface area (Å²) in [6.07, 6.45) is 6.23. The Morgan fingerprint density at radius 2 is 1.96 bits per heavy atom. The zero-order chi connectivity index (χ0) is 17.6. The maximum absolute atomic E-state index is 12.6. The van der Waals surface area contributed by atoms with Crippen molar-refractivity contribution in [2.45, 2.75) is 38.1 Å². The number of anilines is 1. The molecular weight excluding hydrogens is 338 g/mol. The molecule has 0 bridgehead atoms. The van der Waals surface area contributed by atoms with Crippen molar-refractivity contribution in [3.05, 3.63) is 11.6 Å². The second-order valence-electron chi connectivity index (χ2n) is 6.75. The minimum atomic E-state index is 0.0318. The molecule has 2 N–H and O–H groups in total. The molecule has 0 aromatic carbocycles. The molecule has 8 heteroatoms. The Morgan fingerprint density at radius 1 is 1.16 bits per heavy atom. The Balaban J connectivity index is 1.45. The molecule has 1 aromatic rings. The zero-order valence-electron chi connectivity index (χ0n) is 14.7. The summed E-state index contributed by atoms with van der Waals surface area (Å²) < 4.78 is 0. The molecular formula is C17H27N5O2S. The second kappa shape index (κ2) is 8.51. The first-order valence-corrected chi connectivity index (χ1v) is 9.97. The van der Waals surface area contributed by atoms with Gasteiger partial charge in [0, 0.05) is 56.8 Å². The molecule has 1 aromatic heterocycles. The molecule has 0 atom stereocenters. The third-order valence-electron chi connectivity index (χ3n) is 5.14. The van der Waals surface area contributed by atoms with Crippen LogP contribution in [0.4, 0.5) is 9.93 Å². The van der Waals surface area contributed by atoms with Crippen LogP contribution in [0.1, 0.15) is 32.1 Å². The van der Waals surface area contributed by atoms with Crippen molar-refractivity contribution in [3.63, 3.8) is 0 Å². The van der Waals surface area contributed by atoms with E-state index >= 15 is 0 Å². The first kappa shape index (κ1) is 18.0. The van der Waals surface area contributed by atoms with E-state index in [2.05, 4.69) is 20.5 Å². The summed E-state index contributed by atoms with van der Waals surface area (Å²) in [6, 6.07) is 0.219. The van der Waals surface area contributed by atoms with E-state index in [1.165, 1.54) is 0 Å². The number of amides is 3. The molecule has 0 spiro atoms. The van der Waals surface area contributed by atoms with Gasteiger partial charge in [0.25, 0.3) is 0 Å². The van der Waals surface area contributed by atoms with Crippen LogP contribution in [0.2, 0.25) is 0 Å². The van der Waals surface area contributed by atoms with Crippen molar-refractivity contribution in [3.8, 4) is 0 Å². The maximum atomic E-state index is 12.6. The summed E-state index contributed by atoms with van der Waals surface area (Å²) in [5.41, 5.74) is 0. The van der Waals surface area contributed by atoms with Crippen molar-refractivity contribution in [1.82, 2.24) is 20.5 Å². The fraction of sp³-hybridized carbons (Fsp3) is 0.706. The van der Waals surface area contributed by atoms with Gasteiger partial charge in [0.05, 0.1) is 0 Å². The quantitative estimate of drug-likeness (QED) is 0.854. The van der Waals surface area contributed by atoms with Gasteiger partial charge in [-0.2, -0.15) is 0 Å². The third kappa shape index (κ3) is 4.62. The van der Waals surface area contributed by atoms with Crippen molar-refractivity contribution in [2.75, 3.05) is 38.1 Å². The molecule has 3 rings (SSSR count). The van der Waals surface area contributed by atoms with Crippen LogP contribution in [-0.2, 0) is 4.79 Å². The Hall–Kier alpha value is -1.83. The van der Waals surface area contributed by atoms with Crippen LogP contribution in [0, 0.1) is 5.92 Å². The van der Waals surface area contributed by atoms with Crippen molar-refractivity contribution < 1.29 is 9.59 Å². The first-order valence-electron chi connectivity index (χ1n) is 9.09. The van der Waals surface area contributed by atoms with E-state index in [1.54, 1.807) is 18.4 Å². The Morgan fingerprint density at radius 3 is 2.64 bits per heavy atom. The number of hydrogen-bond donors (Lipinski definition) is 2. The smallest absolute Gasteiger partial charge is 0.317 e. The van der Waals surface area contributed by atoms with Gasteiger partial charge in [0.1, 0.15) is 0 Å². The van der Waals surface area contributed by atoms with Gasteiger partial charge in [-0.25, -0.2) is 9.78 Å². The average Bonchev–Trinajstić information content (AvgIpc) is 3.06. The highest BCUT2D eigenvalue weighted by Gasteiger charge is 2.28. The number of thiazole rings is 1. The number of nitrogens with one attached hydrogen (secondary N) is 2. The molecule has 2 heterocycles. The van der Waals surface area contributed by atoms with Gasteiger partial charge < -0.3 is 20.4 Å². The number of hydrogen-bond acceptors (Lipinski definition) is 5. The summed E-state index contributed by atoms with van der Waals surface area (Å²) in [6.45, 7) is 3.26. The highest BCUT2D eigenvalue weighted by atomic mass is 32.1. The molecule has 3 amide bonds. The lowest BCUT2D eigenvalue weighted by Gasteiger charge is -2.30. The third-order valence-corrected chi connectivity index (χ3v) is 5.98. The lowest BCUT2D eigenvalue weighted by molar-refractivity contribution is -0.125. The van der Waals surface area contributed by atoms with Crippen LogP contribution in [0.3, 0.4) is 0 Å². The van der Waals surface area contributed by atoms with E-state index in [9.17, 15) is 9.59 Å². The van der Waals surface area contributed by atoms with Crippen LogP contribution in [0.25, 0.3) is 0 Å². The number of urea groups is 1. The molecule has 2 fully saturated rings. The van der Waals surface area contributed by atoms with Crippen molar-refractivity contribution in [2.24, 2.45) is 5.92 Å². The van der Waals surface area contributed by atoms with Crippen molar-refractivity contribution >= 4 is 28.4 Å². The largest absolute Gasteiger partial charge is 0.359 e. The highest BCUT2D eigenvalue weighted by molar-refractivity contribution is 7.13. The van der Waals surface area contributed by atoms with Gasteiger partial charge in [0.15, 0.2) is 5.13 Å². The summed E-state index contributed by atoms with van der Waals surface area (Å²) in [4.78, 5) is 32.8. The predicted molar refractivity (Wildman–Crippen MR) is 98.9 cm³/mol. The number of carbonyl (C=O) groups excluding carboxylic acids is 2. The normalized spacial score (nSPS) is 24.5. The van der Waals surface area contributed by atoms with Gasteiger partial charge >= 0.3 is 6.03 Å². The van der Waals surface area contributed by atoms with E-state index in [4.69, 9.17) is 0 Å². The molecule has 25 heavy (non-hydrogen) atoms. The van der Waals surface area contributed by atoms with Crippen molar-refractivity contribution in [1.29, 1.82) is 0 Å².